The van der Waals surface area contributed by atoms with Crippen LogP contribution >= 0.6 is 23.4 Å². The van der Waals surface area contributed by atoms with Gasteiger partial charge in [-0.2, -0.15) is 0 Å². The molecule has 1 atom stereocenters. The topological polar surface area (TPSA) is 34.5 Å². The zero-order valence-electron chi connectivity index (χ0n) is 18.8. The van der Waals surface area contributed by atoms with Crippen LogP contribution in [0.1, 0.15) is 57.6 Å². The number of nitrogens with zero attached hydrogens (tertiary/aromatic N) is 2. The highest BCUT2D eigenvalue weighted by atomic mass is 35.5. The van der Waals surface area contributed by atoms with E-state index in [0.29, 0.717) is 23.5 Å². The number of fused-ring (bicyclic) bond motifs is 1. The molecular formula is C23H30BClN2OSSi. The van der Waals surface area contributed by atoms with E-state index < -0.39 is 8.32 Å². The molecule has 0 amide bonds. The maximum Gasteiger partial charge on any atom is 0.192 e. The smallest absolute Gasteiger partial charge is 0.192 e. The van der Waals surface area contributed by atoms with E-state index in [4.69, 9.17) is 28.9 Å². The highest BCUT2D eigenvalue weighted by Crippen LogP contribution is 2.38. The van der Waals surface area contributed by atoms with Gasteiger partial charge in [0.05, 0.1) is 11.7 Å². The summed E-state index contributed by atoms with van der Waals surface area (Å²) in [7, 11) is 4.18. The fourth-order valence-corrected chi connectivity index (χ4v) is 5.46. The second-order valence-electron chi connectivity index (χ2n) is 9.55. The summed E-state index contributed by atoms with van der Waals surface area (Å²) in [6.07, 6.45) is 1.95. The molecule has 2 aromatic rings. The Bertz CT molecular complexity index is 959. The lowest BCUT2D eigenvalue weighted by Gasteiger charge is -2.36. The SMILES string of the molecule is [B]c1ccc2c(c1)SC(=Nc1cc(CO[Si](C)(C)C(C)(C)C)cc(Cl)n1)CCC2C. The summed E-state index contributed by atoms with van der Waals surface area (Å²) in [5.74, 6) is 1.11. The first-order chi connectivity index (χ1) is 13.9. The van der Waals surface area contributed by atoms with Crippen LogP contribution in [0.15, 0.2) is 40.2 Å². The van der Waals surface area contributed by atoms with Gasteiger partial charge in [-0.3, -0.25) is 0 Å². The Morgan fingerprint density at radius 3 is 2.70 bits per heavy atom. The van der Waals surface area contributed by atoms with Crippen LogP contribution in [0.2, 0.25) is 23.3 Å². The molecule has 1 aromatic heterocycles. The minimum Gasteiger partial charge on any atom is -0.413 e. The molecule has 7 heteroatoms. The maximum atomic E-state index is 6.36. The molecule has 0 saturated heterocycles. The Labute approximate surface area is 192 Å². The quantitative estimate of drug-likeness (QED) is 0.376. The molecule has 1 aliphatic heterocycles. The van der Waals surface area contributed by atoms with Crippen molar-refractivity contribution < 1.29 is 4.43 Å². The average Bonchev–Trinajstić information content (AvgIpc) is 2.77. The van der Waals surface area contributed by atoms with Gasteiger partial charge in [0.15, 0.2) is 14.1 Å². The summed E-state index contributed by atoms with van der Waals surface area (Å²) in [6, 6.07) is 10.0. The van der Waals surface area contributed by atoms with Gasteiger partial charge >= 0.3 is 0 Å². The van der Waals surface area contributed by atoms with Crippen LogP contribution in [0.25, 0.3) is 0 Å². The Hall–Kier alpha value is -1.08. The van der Waals surface area contributed by atoms with E-state index in [1.54, 1.807) is 11.8 Å². The van der Waals surface area contributed by atoms with E-state index in [0.717, 1.165) is 28.9 Å². The van der Waals surface area contributed by atoms with E-state index in [-0.39, 0.29) is 5.04 Å². The van der Waals surface area contributed by atoms with Crippen LogP contribution in [0.5, 0.6) is 0 Å². The van der Waals surface area contributed by atoms with Crippen LogP contribution in [-0.2, 0) is 11.0 Å². The monoisotopic (exact) mass is 456 g/mol. The molecule has 30 heavy (non-hydrogen) atoms. The Balaban J connectivity index is 1.83. The minimum absolute atomic E-state index is 0.162. The van der Waals surface area contributed by atoms with Crippen molar-refractivity contribution >= 4 is 55.9 Å². The molecule has 2 radical (unpaired) electrons. The summed E-state index contributed by atoms with van der Waals surface area (Å²) in [6.45, 7) is 14.0. The third-order valence-corrected chi connectivity index (χ3v) is 11.8. The average molecular weight is 457 g/mol. The molecular weight excluding hydrogens is 427 g/mol. The second-order valence-corrected chi connectivity index (χ2v) is 15.9. The fraction of sp³-hybridized carbons (Fsp3) is 0.478. The van der Waals surface area contributed by atoms with Crippen LogP contribution < -0.4 is 5.46 Å². The van der Waals surface area contributed by atoms with E-state index in [9.17, 15) is 0 Å². The summed E-state index contributed by atoms with van der Waals surface area (Å²) in [4.78, 5) is 10.5. The van der Waals surface area contributed by atoms with Crippen molar-refractivity contribution in [3.8, 4) is 0 Å². The van der Waals surface area contributed by atoms with E-state index in [1.165, 1.54) is 10.5 Å². The summed E-state index contributed by atoms with van der Waals surface area (Å²) in [5.41, 5.74) is 3.12. The first kappa shape index (κ1) is 23.6. The minimum atomic E-state index is -1.84. The summed E-state index contributed by atoms with van der Waals surface area (Å²) >= 11 is 8.00. The van der Waals surface area contributed by atoms with Gasteiger partial charge in [0.2, 0.25) is 0 Å². The Morgan fingerprint density at radius 1 is 1.27 bits per heavy atom. The Morgan fingerprint density at radius 2 is 2.00 bits per heavy atom. The molecule has 3 nitrogen and oxygen atoms in total. The van der Waals surface area contributed by atoms with Crippen LogP contribution in [0, 0.1) is 0 Å². The molecule has 1 unspecified atom stereocenters. The molecule has 0 N–H and O–H groups in total. The number of thioether (sulfide) groups is 1. The molecule has 0 bridgehead atoms. The van der Waals surface area contributed by atoms with Gasteiger partial charge < -0.3 is 4.43 Å². The zero-order chi connectivity index (χ0) is 22.1. The summed E-state index contributed by atoms with van der Waals surface area (Å²) < 4.78 is 6.36. The molecule has 158 valence electrons. The van der Waals surface area contributed by atoms with Crippen molar-refractivity contribution in [2.75, 3.05) is 0 Å². The third-order valence-electron chi connectivity index (χ3n) is 6.07. The number of hydrogen-bond donors (Lipinski definition) is 0. The van der Waals surface area contributed by atoms with E-state index >= 15 is 0 Å². The Kier molecular flexibility index (Phi) is 7.23. The molecule has 3 rings (SSSR count). The number of aliphatic imine (C=N–C) groups is 1. The standard InChI is InChI=1S/C23H30BClN2OSSi/c1-15-7-10-22(29-19-13-17(24)8-9-18(15)19)27-21-12-16(11-20(25)26-21)14-28-30(5,6)23(2,3)4/h8-9,11-13,15H,7,10,14H2,1-6H3. The third kappa shape index (κ3) is 5.78. The molecule has 1 aromatic carbocycles. The van der Waals surface area contributed by atoms with Crippen LogP contribution in [-0.4, -0.2) is 26.2 Å². The van der Waals surface area contributed by atoms with Gasteiger partial charge in [0.1, 0.15) is 13.0 Å². The lowest BCUT2D eigenvalue weighted by Crippen LogP contribution is -2.40. The van der Waals surface area contributed by atoms with Crippen molar-refractivity contribution in [3.63, 3.8) is 0 Å². The van der Waals surface area contributed by atoms with Crippen molar-refractivity contribution in [1.29, 1.82) is 0 Å². The van der Waals surface area contributed by atoms with Crippen molar-refractivity contribution in [2.24, 2.45) is 4.99 Å². The molecule has 0 saturated carbocycles. The highest BCUT2D eigenvalue weighted by molar-refractivity contribution is 8.14. The van der Waals surface area contributed by atoms with Gasteiger partial charge in [-0.1, -0.05) is 74.7 Å². The van der Waals surface area contributed by atoms with Crippen molar-refractivity contribution in [3.05, 3.63) is 46.6 Å². The number of hydrogen-bond acceptors (Lipinski definition) is 4. The van der Waals surface area contributed by atoms with Gasteiger partial charge in [-0.15, -0.1) is 0 Å². The predicted molar refractivity (Wildman–Crippen MR) is 134 cm³/mol. The number of rotatable bonds is 4. The largest absolute Gasteiger partial charge is 0.413 e. The molecule has 1 aliphatic rings. The number of benzene rings is 1. The lowest BCUT2D eigenvalue weighted by molar-refractivity contribution is 0.276. The van der Waals surface area contributed by atoms with Gasteiger partial charge in [-0.25, -0.2) is 9.98 Å². The summed E-state index contributed by atoms with van der Waals surface area (Å²) in [5, 5.41) is 1.65. The van der Waals surface area contributed by atoms with Crippen molar-refractivity contribution in [1.82, 2.24) is 4.98 Å². The van der Waals surface area contributed by atoms with E-state index in [1.807, 2.05) is 24.3 Å². The van der Waals surface area contributed by atoms with Gasteiger partial charge in [-0.05, 0) is 60.2 Å². The normalized spacial score (nSPS) is 18.9. The van der Waals surface area contributed by atoms with Gasteiger partial charge in [0.25, 0.3) is 0 Å². The number of pyridine rings is 1. The molecule has 0 aliphatic carbocycles. The highest BCUT2D eigenvalue weighted by Gasteiger charge is 2.37. The first-order valence-electron chi connectivity index (χ1n) is 10.4. The lowest BCUT2D eigenvalue weighted by atomic mass is 9.90. The molecule has 2 heterocycles. The van der Waals surface area contributed by atoms with Crippen LogP contribution in [0.4, 0.5) is 5.82 Å². The van der Waals surface area contributed by atoms with E-state index in [2.05, 4.69) is 51.8 Å². The predicted octanol–water partition coefficient (Wildman–Crippen LogP) is 6.77. The molecule has 0 fully saturated rings. The number of halogens is 1. The fourth-order valence-electron chi connectivity index (χ4n) is 3.08. The first-order valence-corrected chi connectivity index (χ1v) is 14.5. The zero-order valence-corrected chi connectivity index (χ0v) is 21.3. The number of aromatic nitrogens is 1. The van der Waals surface area contributed by atoms with Gasteiger partial charge in [0, 0.05) is 4.90 Å². The molecule has 0 spiro atoms. The van der Waals surface area contributed by atoms with Crippen LogP contribution in [0.3, 0.4) is 0 Å². The maximum absolute atomic E-state index is 6.36. The van der Waals surface area contributed by atoms with Crippen molar-refractivity contribution in [2.45, 2.75) is 76.1 Å². The second kappa shape index (κ2) is 9.19.